The van der Waals surface area contributed by atoms with Gasteiger partial charge in [-0.3, -0.25) is 0 Å². The fourth-order valence-corrected chi connectivity index (χ4v) is 4.36. The molecule has 0 aliphatic rings. The number of aromatic nitrogens is 3. The molecule has 0 saturated heterocycles. The van der Waals surface area contributed by atoms with E-state index in [-0.39, 0.29) is 17.1 Å². The lowest BCUT2D eigenvalue weighted by atomic mass is 10.2. The largest absolute Gasteiger partial charge is 0.323 e. The van der Waals surface area contributed by atoms with Crippen LogP contribution in [0.25, 0.3) is 21.3 Å². The summed E-state index contributed by atoms with van der Waals surface area (Å²) in [6.07, 6.45) is 0. The Morgan fingerprint density at radius 2 is 1.96 bits per heavy atom. The third kappa shape index (κ3) is 2.62. The first-order valence-corrected chi connectivity index (χ1v) is 9.42. The van der Waals surface area contributed by atoms with Gasteiger partial charge in [-0.15, -0.1) is 11.3 Å². The van der Waals surface area contributed by atoms with Crippen molar-refractivity contribution in [2.24, 2.45) is 0 Å². The smallest absolute Gasteiger partial charge is 0.306 e. The summed E-state index contributed by atoms with van der Waals surface area (Å²) in [6.45, 7) is 0.170. The lowest BCUT2D eigenvalue weighted by Gasteiger charge is -2.07. The highest BCUT2D eigenvalue weighted by atomic mass is 32.2. The third-order valence-corrected chi connectivity index (χ3v) is 6.01. The van der Waals surface area contributed by atoms with Crippen molar-refractivity contribution in [3.05, 3.63) is 58.0 Å². The van der Waals surface area contributed by atoms with Crippen LogP contribution >= 0.6 is 11.3 Å². The molecule has 0 radical (unpaired) electrons. The molecule has 0 bridgehead atoms. The standard InChI is InChI=1S/C15H12N4O3S2/c20-15-18-11-5-4-10(6-13(11)19-15)24(21,22)17-7-9-2-1-3-12-14(9)23-8-16-12/h1-6,8,17H,7H2,(H2,18,19,20). The summed E-state index contributed by atoms with van der Waals surface area (Å²) < 4.78 is 28.6. The van der Waals surface area contributed by atoms with Crippen LogP contribution in [0.4, 0.5) is 0 Å². The predicted molar refractivity (Wildman–Crippen MR) is 92.6 cm³/mol. The Kier molecular flexibility index (Phi) is 3.48. The van der Waals surface area contributed by atoms with E-state index < -0.39 is 10.0 Å². The molecule has 24 heavy (non-hydrogen) atoms. The van der Waals surface area contributed by atoms with Crippen LogP contribution in [0.3, 0.4) is 0 Å². The number of hydrogen-bond acceptors (Lipinski definition) is 5. The molecule has 9 heteroatoms. The van der Waals surface area contributed by atoms with E-state index in [0.29, 0.717) is 11.0 Å². The first-order valence-electron chi connectivity index (χ1n) is 7.06. The molecule has 0 spiro atoms. The normalized spacial score (nSPS) is 12.2. The monoisotopic (exact) mass is 360 g/mol. The van der Waals surface area contributed by atoms with E-state index in [1.165, 1.54) is 23.5 Å². The van der Waals surface area contributed by atoms with Gasteiger partial charge in [0, 0.05) is 6.54 Å². The minimum absolute atomic E-state index is 0.0988. The van der Waals surface area contributed by atoms with Crippen molar-refractivity contribution in [3.63, 3.8) is 0 Å². The quantitative estimate of drug-likeness (QED) is 0.517. The van der Waals surface area contributed by atoms with Gasteiger partial charge in [0.05, 0.1) is 31.7 Å². The number of rotatable bonds is 4. The van der Waals surface area contributed by atoms with Gasteiger partial charge < -0.3 is 9.97 Å². The van der Waals surface area contributed by atoms with E-state index in [2.05, 4.69) is 19.7 Å². The number of nitrogens with one attached hydrogen (secondary N) is 3. The lowest BCUT2D eigenvalue weighted by Crippen LogP contribution is -2.23. The lowest BCUT2D eigenvalue weighted by molar-refractivity contribution is 0.581. The van der Waals surface area contributed by atoms with Crippen molar-refractivity contribution in [1.82, 2.24) is 19.7 Å². The Morgan fingerprint density at radius 1 is 1.12 bits per heavy atom. The minimum Gasteiger partial charge on any atom is -0.306 e. The minimum atomic E-state index is -3.69. The molecule has 122 valence electrons. The second-order valence-corrected chi connectivity index (χ2v) is 7.85. The third-order valence-electron chi connectivity index (χ3n) is 3.69. The molecular formula is C15H12N4O3S2. The number of aromatic amines is 2. The van der Waals surface area contributed by atoms with E-state index in [0.717, 1.165) is 15.8 Å². The maximum absolute atomic E-state index is 12.5. The van der Waals surface area contributed by atoms with Crippen LogP contribution in [0.5, 0.6) is 0 Å². The number of benzene rings is 2. The number of thiazole rings is 1. The zero-order chi connectivity index (χ0) is 16.7. The van der Waals surface area contributed by atoms with Crippen LogP contribution in [0, 0.1) is 0 Å². The second-order valence-electron chi connectivity index (χ2n) is 5.23. The topological polar surface area (TPSA) is 108 Å². The number of imidazole rings is 1. The van der Waals surface area contributed by atoms with Crippen molar-refractivity contribution < 1.29 is 8.42 Å². The summed E-state index contributed by atoms with van der Waals surface area (Å²) in [5.74, 6) is 0. The fourth-order valence-electron chi connectivity index (χ4n) is 2.52. The Labute approximate surface area is 140 Å². The maximum atomic E-state index is 12.5. The van der Waals surface area contributed by atoms with Crippen molar-refractivity contribution in [2.75, 3.05) is 0 Å². The van der Waals surface area contributed by atoms with E-state index in [1.54, 1.807) is 11.6 Å². The molecule has 0 saturated carbocycles. The molecule has 3 N–H and O–H groups in total. The summed E-state index contributed by atoms with van der Waals surface area (Å²) in [4.78, 5) is 20.7. The van der Waals surface area contributed by atoms with Crippen LogP contribution in [0.1, 0.15) is 5.56 Å². The van der Waals surface area contributed by atoms with Crippen LogP contribution in [0.2, 0.25) is 0 Å². The number of nitrogens with zero attached hydrogens (tertiary/aromatic N) is 1. The molecule has 0 unspecified atom stereocenters. The summed E-state index contributed by atoms with van der Waals surface area (Å²) in [6, 6.07) is 10.1. The molecule has 0 amide bonds. The van der Waals surface area contributed by atoms with Gasteiger partial charge in [-0.25, -0.2) is 22.9 Å². The van der Waals surface area contributed by atoms with Gasteiger partial charge in [-0.1, -0.05) is 12.1 Å². The van der Waals surface area contributed by atoms with Gasteiger partial charge in [-0.2, -0.15) is 0 Å². The highest BCUT2D eigenvalue weighted by Crippen LogP contribution is 2.22. The Hall–Kier alpha value is -2.49. The molecule has 0 atom stereocenters. The Bertz CT molecular complexity index is 1200. The Balaban J connectivity index is 1.64. The van der Waals surface area contributed by atoms with E-state index >= 15 is 0 Å². The fraction of sp³-hybridized carbons (Fsp3) is 0.0667. The second kappa shape index (κ2) is 5.55. The van der Waals surface area contributed by atoms with E-state index in [4.69, 9.17) is 0 Å². The van der Waals surface area contributed by atoms with E-state index in [9.17, 15) is 13.2 Å². The van der Waals surface area contributed by atoms with Gasteiger partial charge in [0.2, 0.25) is 10.0 Å². The highest BCUT2D eigenvalue weighted by molar-refractivity contribution is 7.89. The molecule has 0 aliphatic heterocycles. The van der Waals surface area contributed by atoms with Crippen LogP contribution < -0.4 is 10.4 Å². The molecule has 4 aromatic rings. The first kappa shape index (κ1) is 15.1. The molecule has 4 rings (SSSR count). The van der Waals surface area contributed by atoms with E-state index in [1.807, 2.05) is 18.2 Å². The molecule has 2 aromatic carbocycles. The van der Waals surface area contributed by atoms with Crippen molar-refractivity contribution in [2.45, 2.75) is 11.4 Å². The number of fused-ring (bicyclic) bond motifs is 2. The van der Waals surface area contributed by atoms with Gasteiger partial charge >= 0.3 is 5.69 Å². The maximum Gasteiger partial charge on any atom is 0.323 e. The summed E-state index contributed by atoms with van der Waals surface area (Å²) >= 11 is 1.48. The van der Waals surface area contributed by atoms with Crippen LogP contribution in [-0.2, 0) is 16.6 Å². The summed E-state index contributed by atoms with van der Waals surface area (Å²) in [5.41, 5.74) is 4.10. The highest BCUT2D eigenvalue weighted by Gasteiger charge is 2.16. The number of sulfonamides is 1. The molecule has 7 nitrogen and oxygen atoms in total. The first-order chi connectivity index (χ1) is 11.5. The zero-order valence-corrected chi connectivity index (χ0v) is 13.9. The number of hydrogen-bond donors (Lipinski definition) is 3. The molecule has 0 fully saturated rings. The van der Waals surface area contributed by atoms with Gasteiger partial charge in [0.15, 0.2) is 0 Å². The van der Waals surface area contributed by atoms with Crippen molar-refractivity contribution in [3.8, 4) is 0 Å². The van der Waals surface area contributed by atoms with Gasteiger partial charge in [-0.05, 0) is 29.8 Å². The SMILES string of the molecule is O=c1[nH]c2ccc(S(=O)(=O)NCc3cccc4ncsc34)cc2[nH]1. The molecule has 0 aliphatic carbocycles. The Morgan fingerprint density at radius 3 is 2.83 bits per heavy atom. The summed E-state index contributed by atoms with van der Waals surface area (Å²) in [7, 11) is -3.69. The average Bonchev–Trinajstić information content (AvgIpc) is 3.17. The van der Waals surface area contributed by atoms with Gasteiger partial charge in [0.1, 0.15) is 0 Å². The van der Waals surface area contributed by atoms with Crippen LogP contribution in [-0.4, -0.2) is 23.4 Å². The van der Waals surface area contributed by atoms with Gasteiger partial charge in [0.25, 0.3) is 0 Å². The van der Waals surface area contributed by atoms with Crippen LogP contribution in [0.15, 0.2) is 51.6 Å². The molecular weight excluding hydrogens is 348 g/mol. The predicted octanol–water partition coefficient (Wildman–Crippen LogP) is 1.94. The molecule has 2 aromatic heterocycles. The van der Waals surface area contributed by atoms with Crippen molar-refractivity contribution in [1.29, 1.82) is 0 Å². The average molecular weight is 360 g/mol. The summed E-state index contributed by atoms with van der Waals surface area (Å²) in [5, 5.41) is 0. The number of H-pyrrole nitrogens is 2. The van der Waals surface area contributed by atoms with Crippen molar-refractivity contribution >= 4 is 42.6 Å². The molecule has 2 heterocycles. The zero-order valence-electron chi connectivity index (χ0n) is 12.2.